The minimum Gasteiger partial charge on any atom is -0.344 e. The molecule has 0 spiro atoms. The van der Waals surface area contributed by atoms with Gasteiger partial charge in [0.2, 0.25) is 11.0 Å². The summed E-state index contributed by atoms with van der Waals surface area (Å²) in [7, 11) is 1.74. The Morgan fingerprint density at radius 2 is 2.00 bits per heavy atom. The van der Waals surface area contributed by atoms with Gasteiger partial charge < -0.3 is 10.2 Å². The Labute approximate surface area is 133 Å². The highest BCUT2D eigenvalue weighted by molar-refractivity contribution is 7.15. The molecular formula is C14H21N5O2S. The lowest BCUT2D eigenvalue weighted by atomic mass is 9.90. The van der Waals surface area contributed by atoms with E-state index < -0.39 is 6.04 Å². The summed E-state index contributed by atoms with van der Waals surface area (Å²) in [5.74, 6) is 0.435. The van der Waals surface area contributed by atoms with Gasteiger partial charge in [0, 0.05) is 19.5 Å². The summed E-state index contributed by atoms with van der Waals surface area (Å²) in [5, 5.41) is 15.1. The van der Waals surface area contributed by atoms with Crippen molar-refractivity contribution in [2.45, 2.75) is 50.5 Å². The maximum absolute atomic E-state index is 12.0. The van der Waals surface area contributed by atoms with Crippen molar-refractivity contribution in [3.8, 4) is 0 Å². The average Bonchev–Trinajstić information content (AvgIpc) is 3.10. The Bertz CT molecular complexity index is 555. The van der Waals surface area contributed by atoms with Crippen LogP contribution in [0.5, 0.6) is 0 Å². The zero-order chi connectivity index (χ0) is 15.5. The molecule has 2 fully saturated rings. The topological polar surface area (TPSA) is 87.2 Å². The van der Waals surface area contributed by atoms with Gasteiger partial charge in [-0.25, -0.2) is 4.79 Å². The van der Waals surface area contributed by atoms with Gasteiger partial charge in [-0.15, -0.1) is 10.2 Å². The Kier molecular flexibility index (Phi) is 4.56. The van der Waals surface area contributed by atoms with Gasteiger partial charge in [0.1, 0.15) is 11.0 Å². The summed E-state index contributed by atoms with van der Waals surface area (Å²) in [4.78, 5) is 25.3. The summed E-state index contributed by atoms with van der Waals surface area (Å²) in [5.41, 5.74) is 0. The van der Waals surface area contributed by atoms with Crippen LogP contribution >= 0.6 is 11.3 Å². The largest absolute Gasteiger partial charge is 0.344 e. The molecule has 0 bridgehead atoms. The first-order valence-electron chi connectivity index (χ1n) is 7.79. The van der Waals surface area contributed by atoms with E-state index in [-0.39, 0.29) is 11.9 Å². The normalized spacial score (nSPS) is 22.9. The highest BCUT2D eigenvalue weighted by Crippen LogP contribution is 2.35. The Morgan fingerprint density at radius 1 is 1.23 bits per heavy atom. The third kappa shape index (κ3) is 3.37. The van der Waals surface area contributed by atoms with Crippen molar-refractivity contribution in [3.63, 3.8) is 0 Å². The molecular weight excluding hydrogens is 302 g/mol. The predicted molar refractivity (Wildman–Crippen MR) is 83.9 cm³/mol. The molecule has 3 amide bonds. The molecule has 22 heavy (non-hydrogen) atoms. The van der Waals surface area contributed by atoms with Gasteiger partial charge in [-0.1, -0.05) is 30.6 Å². The molecule has 2 N–H and O–H groups in total. The van der Waals surface area contributed by atoms with Crippen molar-refractivity contribution in [1.82, 2.24) is 20.4 Å². The molecule has 120 valence electrons. The minimum absolute atomic E-state index is 0.0460. The summed E-state index contributed by atoms with van der Waals surface area (Å²) in [6, 6.07) is -0.823. The number of carbonyl (C=O) groups is 2. The first kappa shape index (κ1) is 15.2. The van der Waals surface area contributed by atoms with Crippen LogP contribution in [0, 0.1) is 0 Å². The highest BCUT2D eigenvalue weighted by atomic mass is 32.1. The maximum Gasteiger partial charge on any atom is 0.321 e. The Balaban J connectivity index is 1.53. The highest BCUT2D eigenvalue weighted by Gasteiger charge is 2.30. The molecule has 3 rings (SSSR count). The van der Waals surface area contributed by atoms with Crippen molar-refractivity contribution < 1.29 is 9.59 Å². The number of urea groups is 1. The lowest BCUT2D eigenvalue weighted by Crippen LogP contribution is -2.42. The van der Waals surface area contributed by atoms with Crippen molar-refractivity contribution >= 4 is 28.4 Å². The van der Waals surface area contributed by atoms with Crippen LogP contribution in [-0.4, -0.2) is 46.7 Å². The zero-order valence-corrected chi connectivity index (χ0v) is 13.5. The number of anilines is 1. The van der Waals surface area contributed by atoms with Gasteiger partial charge >= 0.3 is 6.03 Å². The Hall–Kier alpha value is -1.70. The standard InChI is InChI=1S/C14H21N5O2S/c1-19-8-7-10(12(19)20)15-13(21)16-14-18-17-11(22-14)9-5-3-2-4-6-9/h9-10H,2-8H2,1H3,(H2,15,16,18,21)/t10-/m0/s1. The number of hydrogen-bond acceptors (Lipinski definition) is 5. The van der Waals surface area contributed by atoms with E-state index in [1.807, 2.05) is 0 Å². The van der Waals surface area contributed by atoms with Crippen LogP contribution in [-0.2, 0) is 4.79 Å². The lowest BCUT2D eigenvalue weighted by Gasteiger charge is -2.18. The molecule has 1 saturated heterocycles. The van der Waals surface area contributed by atoms with E-state index in [9.17, 15) is 9.59 Å². The summed E-state index contributed by atoms with van der Waals surface area (Å²) in [6.07, 6.45) is 6.74. The van der Waals surface area contributed by atoms with Gasteiger partial charge in [-0.2, -0.15) is 0 Å². The van der Waals surface area contributed by atoms with Crippen LogP contribution < -0.4 is 10.6 Å². The van der Waals surface area contributed by atoms with Crippen LogP contribution in [0.3, 0.4) is 0 Å². The van der Waals surface area contributed by atoms with E-state index in [4.69, 9.17) is 0 Å². The van der Waals surface area contributed by atoms with Gasteiger partial charge in [-0.05, 0) is 19.3 Å². The molecule has 0 aromatic carbocycles. The second kappa shape index (κ2) is 6.60. The second-order valence-electron chi connectivity index (χ2n) is 5.98. The van der Waals surface area contributed by atoms with E-state index >= 15 is 0 Å². The number of amides is 3. The number of hydrogen-bond donors (Lipinski definition) is 2. The molecule has 1 aliphatic heterocycles. The predicted octanol–water partition coefficient (Wildman–Crippen LogP) is 1.94. The quantitative estimate of drug-likeness (QED) is 0.890. The maximum atomic E-state index is 12.0. The second-order valence-corrected chi connectivity index (χ2v) is 6.99. The van der Waals surface area contributed by atoms with Gasteiger partial charge in [0.15, 0.2) is 0 Å². The number of carbonyl (C=O) groups excluding carboxylic acids is 2. The number of likely N-dealkylation sites (tertiary alicyclic amines) is 1. The van der Waals surface area contributed by atoms with Crippen LogP contribution in [0.4, 0.5) is 9.93 Å². The van der Waals surface area contributed by atoms with Crippen molar-refractivity contribution in [3.05, 3.63) is 5.01 Å². The van der Waals surface area contributed by atoms with E-state index in [0.29, 0.717) is 24.0 Å². The van der Waals surface area contributed by atoms with E-state index in [0.717, 1.165) is 17.8 Å². The average molecular weight is 323 g/mol. The zero-order valence-electron chi connectivity index (χ0n) is 12.7. The molecule has 8 heteroatoms. The van der Waals surface area contributed by atoms with Crippen molar-refractivity contribution in [2.75, 3.05) is 18.9 Å². The number of aromatic nitrogens is 2. The van der Waals surface area contributed by atoms with Gasteiger partial charge in [0.05, 0.1) is 0 Å². The third-order valence-corrected chi connectivity index (χ3v) is 5.35. The van der Waals surface area contributed by atoms with E-state index in [1.54, 1.807) is 11.9 Å². The van der Waals surface area contributed by atoms with Gasteiger partial charge in [-0.3, -0.25) is 10.1 Å². The number of nitrogens with zero attached hydrogens (tertiary/aromatic N) is 3. The smallest absolute Gasteiger partial charge is 0.321 e. The number of nitrogens with one attached hydrogen (secondary N) is 2. The molecule has 1 saturated carbocycles. The summed E-state index contributed by atoms with van der Waals surface area (Å²) < 4.78 is 0. The Morgan fingerprint density at radius 3 is 2.68 bits per heavy atom. The molecule has 1 aliphatic carbocycles. The first-order chi connectivity index (χ1) is 10.6. The SMILES string of the molecule is CN1CC[C@H](NC(=O)Nc2nnc(C3CCCCC3)s2)C1=O. The number of likely N-dealkylation sites (N-methyl/N-ethyl adjacent to an activating group) is 1. The molecule has 1 atom stereocenters. The van der Waals surface area contributed by atoms with E-state index in [2.05, 4.69) is 20.8 Å². The first-order valence-corrected chi connectivity index (χ1v) is 8.61. The number of rotatable bonds is 3. The fourth-order valence-electron chi connectivity index (χ4n) is 3.05. The molecule has 2 heterocycles. The van der Waals surface area contributed by atoms with Crippen molar-refractivity contribution in [1.29, 1.82) is 0 Å². The van der Waals surface area contributed by atoms with Crippen molar-refractivity contribution in [2.24, 2.45) is 0 Å². The monoisotopic (exact) mass is 323 g/mol. The lowest BCUT2D eigenvalue weighted by molar-refractivity contribution is -0.128. The molecule has 0 unspecified atom stereocenters. The molecule has 1 aromatic heterocycles. The van der Waals surface area contributed by atoms with Crippen LogP contribution in [0.25, 0.3) is 0 Å². The van der Waals surface area contributed by atoms with E-state index in [1.165, 1.54) is 30.6 Å². The third-order valence-electron chi connectivity index (χ3n) is 4.35. The molecule has 2 aliphatic rings. The molecule has 7 nitrogen and oxygen atoms in total. The fraction of sp³-hybridized carbons (Fsp3) is 0.714. The van der Waals surface area contributed by atoms with Crippen LogP contribution in [0.2, 0.25) is 0 Å². The molecule has 1 aromatic rings. The summed E-state index contributed by atoms with van der Waals surface area (Å²) >= 11 is 1.44. The van der Waals surface area contributed by atoms with Crippen LogP contribution in [0.15, 0.2) is 0 Å². The minimum atomic E-state index is -0.435. The fourth-order valence-corrected chi connectivity index (χ4v) is 3.95. The summed E-state index contributed by atoms with van der Waals surface area (Å²) in [6.45, 7) is 0.675. The van der Waals surface area contributed by atoms with Crippen LogP contribution in [0.1, 0.15) is 49.5 Å². The molecule has 0 radical (unpaired) electrons. The van der Waals surface area contributed by atoms with Gasteiger partial charge in [0.25, 0.3) is 0 Å².